The van der Waals surface area contributed by atoms with Gasteiger partial charge < -0.3 is 20.3 Å². The van der Waals surface area contributed by atoms with Crippen molar-refractivity contribution in [3.63, 3.8) is 0 Å². The molecular weight excluding hydrogens is 531 g/mol. The highest BCUT2D eigenvalue weighted by Crippen LogP contribution is 2.39. The molecule has 0 amide bonds. The first-order valence-corrected chi connectivity index (χ1v) is 14.0. The van der Waals surface area contributed by atoms with Crippen LogP contribution < -0.4 is 10.5 Å². The second-order valence-electron chi connectivity index (χ2n) is 9.61. The molecule has 1 fully saturated rings. The maximum absolute atomic E-state index is 16.0. The number of halogens is 2. The Morgan fingerprint density at radius 3 is 2.66 bits per heavy atom. The highest BCUT2D eigenvalue weighted by molar-refractivity contribution is 7.92. The Hall–Kier alpha value is -3.25. The first kappa shape index (κ1) is 26.4. The van der Waals surface area contributed by atoms with E-state index < -0.39 is 22.4 Å². The minimum Gasteiger partial charge on any atom is -0.392 e. The summed E-state index contributed by atoms with van der Waals surface area (Å²) >= 11 is 6.26. The van der Waals surface area contributed by atoms with E-state index in [0.29, 0.717) is 22.2 Å². The smallest absolute Gasteiger partial charge is 0.263 e. The fraction of sp³-hybridized carbons (Fsp3) is 0.308. The predicted molar refractivity (Wildman–Crippen MR) is 146 cm³/mol. The predicted octanol–water partition coefficient (Wildman–Crippen LogP) is 4.34. The molecular formula is C26H28ClFN6O3S. The molecule has 0 unspecified atom stereocenters. The van der Waals surface area contributed by atoms with Gasteiger partial charge in [0.15, 0.2) is 5.82 Å². The number of rotatable bonds is 6. The number of nitrogens with one attached hydrogen (secondary N) is 1. The summed E-state index contributed by atoms with van der Waals surface area (Å²) in [5.41, 5.74) is 8.09. The van der Waals surface area contributed by atoms with Crippen molar-refractivity contribution in [3.8, 4) is 11.1 Å². The van der Waals surface area contributed by atoms with Crippen LogP contribution in [0.5, 0.6) is 0 Å². The van der Waals surface area contributed by atoms with E-state index in [2.05, 4.69) is 26.6 Å². The summed E-state index contributed by atoms with van der Waals surface area (Å²) in [6, 6.07) is 7.59. The van der Waals surface area contributed by atoms with Crippen LogP contribution in [0.4, 0.5) is 15.9 Å². The van der Waals surface area contributed by atoms with Crippen LogP contribution in [0.1, 0.15) is 30.0 Å². The molecule has 2 aromatic carbocycles. The number of likely N-dealkylation sites (tertiary alicyclic amines) is 1. The molecule has 0 radical (unpaired) electrons. The normalized spacial score (nSPS) is 15.3. The molecule has 4 N–H and O–H groups in total. The van der Waals surface area contributed by atoms with Crippen LogP contribution in [-0.2, 0) is 16.6 Å². The van der Waals surface area contributed by atoms with Crippen LogP contribution in [-0.4, -0.2) is 53.1 Å². The number of anilines is 2. The van der Waals surface area contributed by atoms with Crippen molar-refractivity contribution in [2.24, 2.45) is 0 Å². The molecule has 0 aliphatic carbocycles. The van der Waals surface area contributed by atoms with Crippen molar-refractivity contribution in [1.29, 1.82) is 0 Å². The Morgan fingerprint density at radius 2 is 1.95 bits per heavy atom. The summed E-state index contributed by atoms with van der Waals surface area (Å²) in [5, 5.41) is 9.96. The highest BCUT2D eigenvalue weighted by atomic mass is 35.5. The van der Waals surface area contributed by atoms with Crippen LogP contribution in [0.2, 0.25) is 5.02 Å². The number of nitrogens with two attached hydrogens (primary N) is 1. The Balaban J connectivity index is 1.59. The number of piperidine rings is 1. The van der Waals surface area contributed by atoms with Crippen molar-refractivity contribution in [2.45, 2.75) is 37.3 Å². The summed E-state index contributed by atoms with van der Waals surface area (Å²) in [6.07, 6.45) is 5.02. The molecule has 5 rings (SSSR count). The van der Waals surface area contributed by atoms with Crippen molar-refractivity contribution in [1.82, 2.24) is 19.4 Å². The molecule has 2 aromatic heterocycles. The standard InChI is InChI=1S/C26H28ClFN6O3S/c1-15-10-16(13-35)23(27)21(11-15)38(36,37)32-20-5-3-4-18(24(20)28)19-12-34(17-6-8-33(2)9-7-17)26-22(19)25(29)30-14-31-26/h3-5,10-12,14,17,32,35H,6-9,13H2,1-2H3,(H2,29,30,31). The first-order chi connectivity index (χ1) is 18.1. The summed E-state index contributed by atoms with van der Waals surface area (Å²) in [6.45, 7) is 3.09. The van der Waals surface area contributed by atoms with Crippen LogP contribution in [0, 0.1) is 12.7 Å². The largest absolute Gasteiger partial charge is 0.392 e. The van der Waals surface area contributed by atoms with Crippen LogP contribution >= 0.6 is 11.6 Å². The van der Waals surface area contributed by atoms with Gasteiger partial charge in [-0.1, -0.05) is 29.8 Å². The van der Waals surface area contributed by atoms with Crippen molar-refractivity contribution in [3.05, 3.63) is 64.8 Å². The minimum absolute atomic E-state index is 0.117. The molecule has 0 atom stereocenters. The number of benzene rings is 2. The number of aromatic nitrogens is 3. The fourth-order valence-corrected chi connectivity index (χ4v) is 6.74. The van der Waals surface area contributed by atoms with E-state index in [4.69, 9.17) is 17.3 Å². The van der Waals surface area contributed by atoms with Gasteiger partial charge in [-0.05, 0) is 63.2 Å². The Kier molecular flexibility index (Phi) is 7.03. The molecule has 1 aliphatic rings. The lowest BCUT2D eigenvalue weighted by Gasteiger charge is -2.30. The van der Waals surface area contributed by atoms with Gasteiger partial charge in [-0.25, -0.2) is 22.8 Å². The number of aliphatic hydroxyl groups excluding tert-OH is 1. The van der Waals surface area contributed by atoms with Crippen LogP contribution in [0.15, 0.2) is 47.8 Å². The first-order valence-electron chi connectivity index (χ1n) is 12.1. The third-order valence-corrected chi connectivity index (χ3v) is 8.92. The highest BCUT2D eigenvalue weighted by Gasteiger charge is 2.27. The lowest BCUT2D eigenvalue weighted by Crippen LogP contribution is -2.31. The topological polar surface area (TPSA) is 126 Å². The zero-order valence-electron chi connectivity index (χ0n) is 20.9. The number of fused-ring (bicyclic) bond motifs is 1. The van der Waals surface area contributed by atoms with Gasteiger partial charge in [0.05, 0.1) is 22.7 Å². The lowest BCUT2D eigenvalue weighted by molar-refractivity contribution is 0.224. The summed E-state index contributed by atoms with van der Waals surface area (Å²) in [7, 11) is -2.21. The van der Waals surface area contributed by atoms with E-state index in [1.165, 1.54) is 18.5 Å². The van der Waals surface area contributed by atoms with Gasteiger partial charge in [0.25, 0.3) is 10.0 Å². The summed E-state index contributed by atoms with van der Waals surface area (Å²) in [4.78, 5) is 10.6. The third-order valence-electron chi connectivity index (χ3n) is 6.97. The number of hydrogen-bond acceptors (Lipinski definition) is 7. The average molecular weight is 559 g/mol. The van der Waals surface area contributed by atoms with Gasteiger partial charge in [-0.3, -0.25) is 4.72 Å². The Bertz CT molecular complexity index is 1630. The van der Waals surface area contributed by atoms with Gasteiger partial charge in [-0.2, -0.15) is 0 Å². The molecule has 1 saturated heterocycles. The second kappa shape index (κ2) is 10.1. The number of aliphatic hydroxyl groups is 1. The molecule has 1 aliphatic heterocycles. The van der Waals surface area contributed by atoms with E-state index >= 15 is 4.39 Å². The lowest BCUT2D eigenvalue weighted by atomic mass is 10.0. The van der Waals surface area contributed by atoms with Crippen LogP contribution in [0.3, 0.4) is 0 Å². The quantitative estimate of drug-likeness (QED) is 0.321. The zero-order chi connectivity index (χ0) is 27.2. The third kappa shape index (κ3) is 4.71. The number of nitrogens with zero attached hydrogens (tertiary/aromatic N) is 4. The number of nitrogen functional groups attached to an aromatic ring is 1. The summed E-state index contributed by atoms with van der Waals surface area (Å²) < 4.78 is 46.9. The Morgan fingerprint density at radius 1 is 1.21 bits per heavy atom. The zero-order valence-corrected chi connectivity index (χ0v) is 22.5. The second-order valence-corrected chi connectivity index (χ2v) is 11.6. The molecule has 0 saturated carbocycles. The van der Waals surface area contributed by atoms with Crippen molar-refractivity contribution >= 4 is 44.2 Å². The molecule has 0 spiro atoms. The van der Waals surface area contributed by atoms with Crippen molar-refractivity contribution < 1.29 is 17.9 Å². The average Bonchev–Trinajstić information content (AvgIpc) is 3.27. The van der Waals surface area contributed by atoms with E-state index in [9.17, 15) is 13.5 Å². The van der Waals surface area contributed by atoms with E-state index in [1.807, 2.05) is 10.8 Å². The van der Waals surface area contributed by atoms with Gasteiger partial charge >= 0.3 is 0 Å². The molecule has 4 aromatic rings. The summed E-state index contributed by atoms with van der Waals surface area (Å²) in [5.74, 6) is -0.557. The Labute approximate surface area is 225 Å². The number of sulfonamides is 1. The van der Waals surface area contributed by atoms with Gasteiger partial charge in [-0.15, -0.1) is 0 Å². The van der Waals surface area contributed by atoms with E-state index in [1.54, 1.807) is 25.1 Å². The minimum atomic E-state index is -4.28. The fourth-order valence-electron chi connectivity index (χ4n) is 5.00. The SMILES string of the molecule is Cc1cc(CO)c(Cl)c(S(=O)(=O)Nc2cccc(-c3cn(C4CCN(C)CC4)c4ncnc(N)c34)c2F)c1. The molecule has 3 heterocycles. The maximum atomic E-state index is 16.0. The molecule has 38 heavy (non-hydrogen) atoms. The maximum Gasteiger partial charge on any atom is 0.263 e. The monoisotopic (exact) mass is 558 g/mol. The molecule has 9 nitrogen and oxygen atoms in total. The van der Waals surface area contributed by atoms with Crippen LogP contribution in [0.25, 0.3) is 22.2 Å². The van der Waals surface area contributed by atoms with E-state index in [0.717, 1.165) is 25.9 Å². The number of aryl methyl sites for hydroxylation is 1. The van der Waals surface area contributed by atoms with Gasteiger partial charge in [0, 0.05) is 23.4 Å². The van der Waals surface area contributed by atoms with Crippen molar-refractivity contribution in [2.75, 3.05) is 30.6 Å². The number of hydrogen-bond donors (Lipinski definition) is 3. The van der Waals surface area contributed by atoms with Gasteiger partial charge in [0.1, 0.15) is 22.7 Å². The van der Waals surface area contributed by atoms with E-state index in [-0.39, 0.29) is 38.6 Å². The molecule has 0 bridgehead atoms. The van der Waals surface area contributed by atoms with Gasteiger partial charge in [0.2, 0.25) is 0 Å². The molecule has 12 heteroatoms. The molecule has 200 valence electrons.